The molecule has 5 heteroatoms. The normalized spacial score (nSPS) is 23.8. The second kappa shape index (κ2) is 10.2. The number of hydrogen-bond acceptors (Lipinski definition) is 4. The van der Waals surface area contributed by atoms with Gasteiger partial charge in [0.25, 0.3) is 0 Å². The minimum atomic E-state index is 0.224. The van der Waals surface area contributed by atoms with Gasteiger partial charge in [0.05, 0.1) is 0 Å². The van der Waals surface area contributed by atoms with Crippen LogP contribution in [0, 0.1) is 11.8 Å². The van der Waals surface area contributed by atoms with Gasteiger partial charge in [0.2, 0.25) is 5.91 Å². The average Bonchev–Trinajstić information content (AvgIpc) is 2.76. The Labute approximate surface area is 180 Å². The molecule has 2 saturated heterocycles. The fourth-order valence-corrected chi connectivity index (χ4v) is 5.10. The Morgan fingerprint density at radius 2 is 2.00 bits per heavy atom. The predicted octanol–water partition coefficient (Wildman–Crippen LogP) is 3.32. The number of nitrogens with zero attached hydrogens (tertiary/aromatic N) is 3. The van der Waals surface area contributed by atoms with Crippen LogP contribution in [0.25, 0.3) is 0 Å². The van der Waals surface area contributed by atoms with Gasteiger partial charge in [0.1, 0.15) is 0 Å². The molecule has 0 aliphatic carbocycles. The molecule has 1 amide bonds. The first kappa shape index (κ1) is 21.0. The van der Waals surface area contributed by atoms with Crippen molar-refractivity contribution in [3.05, 3.63) is 66.0 Å². The van der Waals surface area contributed by atoms with Crippen LogP contribution in [0.2, 0.25) is 0 Å². The van der Waals surface area contributed by atoms with E-state index in [1.54, 1.807) is 6.20 Å². The third kappa shape index (κ3) is 5.67. The van der Waals surface area contributed by atoms with E-state index in [9.17, 15) is 4.79 Å². The second-order valence-corrected chi connectivity index (χ2v) is 9.06. The van der Waals surface area contributed by atoms with Crippen LogP contribution in [0.5, 0.6) is 0 Å². The number of amides is 1. The van der Waals surface area contributed by atoms with Gasteiger partial charge in [0, 0.05) is 58.1 Å². The standard InChI is InChI=1S/C25H34N4O/c1-28(16-21-9-6-12-26-14-21)25(30)11-5-10-24-23-13-22(15-27-24)18-29(19-23)17-20-7-3-2-4-8-20/h2-4,6-9,12,14,22-24,27H,5,10-11,13,15-19H2,1H3/t22-,23-,24+/m0/s1. The van der Waals surface area contributed by atoms with Crippen LogP contribution in [0.4, 0.5) is 0 Å². The molecule has 2 bridgehead atoms. The van der Waals surface area contributed by atoms with Crippen molar-refractivity contribution in [3.63, 3.8) is 0 Å². The van der Waals surface area contributed by atoms with E-state index in [2.05, 4.69) is 45.5 Å². The number of carbonyl (C=O) groups excluding carboxylic acids is 1. The number of benzene rings is 1. The molecule has 0 radical (unpaired) electrons. The highest BCUT2D eigenvalue weighted by molar-refractivity contribution is 5.75. The molecule has 2 aliphatic heterocycles. The van der Waals surface area contributed by atoms with Gasteiger partial charge >= 0.3 is 0 Å². The highest BCUT2D eigenvalue weighted by Crippen LogP contribution is 2.31. The third-order valence-corrected chi connectivity index (χ3v) is 6.61. The van der Waals surface area contributed by atoms with Crippen molar-refractivity contribution < 1.29 is 4.79 Å². The molecule has 1 N–H and O–H groups in total. The van der Waals surface area contributed by atoms with Crippen molar-refractivity contribution in [3.8, 4) is 0 Å². The van der Waals surface area contributed by atoms with E-state index in [4.69, 9.17) is 0 Å². The molecule has 1 aromatic carbocycles. The third-order valence-electron chi connectivity index (χ3n) is 6.61. The number of carbonyl (C=O) groups is 1. The van der Waals surface area contributed by atoms with Gasteiger partial charge in [-0.2, -0.15) is 0 Å². The summed E-state index contributed by atoms with van der Waals surface area (Å²) in [6.07, 6.45) is 7.59. The van der Waals surface area contributed by atoms with Crippen LogP contribution in [-0.2, 0) is 17.9 Å². The lowest BCUT2D eigenvalue weighted by Gasteiger charge is -2.46. The molecular formula is C25H34N4O. The summed E-state index contributed by atoms with van der Waals surface area (Å²) in [7, 11) is 1.89. The zero-order valence-electron chi connectivity index (χ0n) is 18.0. The van der Waals surface area contributed by atoms with Crippen LogP contribution in [-0.4, -0.2) is 53.4 Å². The molecular weight excluding hydrogens is 372 g/mol. The summed E-state index contributed by atoms with van der Waals surface area (Å²) in [5.41, 5.74) is 2.48. The maximum Gasteiger partial charge on any atom is 0.222 e. The largest absolute Gasteiger partial charge is 0.341 e. The molecule has 2 aliphatic rings. The molecule has 0 spiro atoms. The Hall–Kier alpha value is -2.24. The summed E-state index contributed by atoms with van der Waals surface area (Å²) >= 11 is 0. The van der Waals surface area contributed by atoms with Crippen molar-refractivity contribution >= 4 is 5.91 Å². The first-order valence-electron chi connectivity index (χ1n) is 11.3. The minimum absolute atomic E-state index is 0.224. The van der Waals surface area contributed by atoms with E-state index in [-0.39, 0.29) is 5.91 Å². The van der Waals surface area contributed by atoms with E-state index in [1.165, 1.54) is 18.5 Å². The van der Waals surface area contributed by atoms with Gasteiger partial charge in [-0.3, -0.25) is 14.7 Å². The molecule has 160 valence electrons. The maximum absolute atomic E-state index is 12.5. The summed E-state index contributed by atoms with van der Waals surface area (Å²) in [5, 5.41) is 3.79. The van der Waals surface area contributed by atoms with Gasteiger partial charge < -0.3 is 10.2 Å². The Balaban J connectivity index is 1.22. The van der Waals surface area contributed by atoms with Crippen molar-refractivity contribution in [1.82, 2.24) is 20.1 Å². The molecule has 0 saturated carbocycles. The smallest absolute Gasteiger partial charge is 0.222 e. The number of rotatable bonds is 8. The van der Waals surface area contributed by atoms with E-state index in [0.29, 0.717) is 24.9 Å². The zero-order chi connectivity index (χ0) is 20.8. The summed E-state index contributed by atoms with van der Waals surface area (Å²) in [6, 6.07) is 15.3. The van der Waals surface area contributed by atoms with Gasteiger partial charge in [-0.25, -0.2) is 0 Å². The number of aromatic nitrogens is 1. The second-order valence-electron chi connectivity index (χ2n) is 9.06. The van der Waals surface area contributed by atoms with E-state index < -0.39 is 0 Å². The highest BCUT2D eigenvalue weighted by Gasteiger charge is 2.36. The van der Waals surface area contributed by atoms with E-state index in [1.807, 2.05) is 30.3 Å². The van der Waals surface area contributed by atoms with Crippen LogP contribution in [0.3, 0.4) is 0 Å². The molecule has 5 nitrogen and oxygen atoms in total. The highest BCUT2D eigenvalue weighted by atomic mass is 16.2. The van der Waals surface area contributed by atoms with Crippen molar-refractivity contribution in [2.24, 2.45) is 11.8 Å². The fourth-order valence-electron chi connectivity index (χ4n) is 5.10. The van der Waals surface area contributed by atoms with Gasteiger partial charge in [0.15, 0.2) is 0 Å². The number of hydrogen-bond donors (Lipinski definition) is 1. The van der Waals surface area contributed by atoms with Crippen molar-refractivity contribution in [2.75, 3.05) is 26.7 Å². The van der Waals surface area contributed by atoms with Crippen LogP contribution in [0.1, 0.15) is 36.8 Å². The van der Waals surface area contributed by atoms with Crippen LogP contribution >= 0.6 is 0 Å². The first-order chi connectivity index (χ1) is 14.7. The number of likely N-dealkylation sites (tertiary alicyclic amines) is 1. The summed E-state index contributed by atoms with van der Waals surface area (Å²) in [6.45, 7) is 5.16. The van der Waals surface area contributed by atoms with Gasteiger partial charge in [-0.1, -0.05) is 36.4 Å². The van der Waals surface area contributed by atoms with E-state index in [0.717, 1.165) is 44.0 Å². The van der Waals surface area contributed by atoms with Crippen LogP contribution < -0.4 is 5.32 Å². The Bertz CT molecular complexity index is 797. The molecule has 3 atom stereocenters. The topological polar surface area (TPSA) is 48.5 Å². The number of fused-ring (bicyclic) bond motifs is 2. The molecule has 30 heavy (non-hydrogen) atoms. The Morgan fingerprint density at radius 1 is 1.17 bits per heavy atom. The van der Waals surface area contributed by atoms with E-state index >= 15 is 0 Å². The monoisotopic (exact) mass is 406 g/mol. The van der Waals surface area contributed by atoms with Crippen molar-refractivity contribution in [2.45, 2.75) is 44.8 Å². The average molecular weight is 407 g/mol. The predicted molar refractivity (Wildman–Crippen MR) is 120 cm³/mol. The lowest BCUT2D eigenvalue weighted by Crippen LogP contribution is -2.55. The Kier molecular flexibility index (Phi) is 7.13. The lowest BCUT2D eigenvalue weighted by atomic mass is 9.79. The molecule has 4 rings (SSSR count). The summed E-state index contributed by atoms with van der Waals surface area (Å²) in [5.74, 6) is 1.68. The Morgan fingerprint density at radius 3 is 2.80 bits per heavy atom. The molecule has 1 aromatic heterocycles. The van der Waals surface area contributed by atoms with Gasteiger partial charge in [-0.15, -0.1) is 0 Å². The van der Waals surface area contributed by atoms with Crippen LogP contribution in [0.15, 0.2) is 54.9 Å². The maximum atomic E-state index is 12.5. The van der Waals surface area contributed by atoms with Gasteiger partial charge in [-0.05, 0) is 54.8 Å². The number of piperidine rings is 2. The number of nitrogens with one attached hydrogen (secondary N) is 1. The first-order valence-corrected chi connectivity index (χ1v) is 11.3. The minimum Gasteiger partial charge on any atom is -0.341 e. The quantitative estimate of drug-likeness (QED) is 0.731. The summed E-state index contributed by atoms with van der Waals surface area (Å²) in [4.78, 5) is 21.1. The lowest BCUT2D eigenvalue weighted by molar-refractivity contribution is -0.130. The molecule has 2 aromatic rings. The fraction of sp³-hybridized carbons (Fsp3) is 0.520. The summed E-state index contributed by atoms with van der Waals surface area (Å²) < 4.78 is 0. The molecule has 2 fully saturated rings. The molecule has 0 unspecified atom stereocenters. The molecule has 3 heterocycles. The van der Waals surface area contributed by atoms with Crippen molar-refractivity contribution in [1.29, 1.82) is 0 Å². The SMILES string of the molecule is CN(Cc1cccnc1)C(=O)CCC[C@H]1NC[C@@H]2C[C@H]1CN(Cc1ccccc1)C2. The zero-order valence-corrected chi connectivity index (χ0v) is 18.0. The number of pyridine rings is 1.